The Hall–Kier alpha value is -3.65. The van der Waals surface area contributed by atoms with Gasteiger partial charge in [-0.05, 0) is 82.2 Å². The molecule has 0 saturated carbocycles. The lowest BCUT2D eigenvalue weighted by molar-refractivity contribution is -0.149. The molecule has 8 nitrogen and oxygen atoms in total. The number of aromatic nitrogens is 1. The van der Waals surface area contributed by atoms with Crippen molar-refractivity contribution >= 4 is 18.0 Å². The topological polar surface area (TPSA) is 119 Å². The first kappa shape index (κ1) is 33.6. The van der Waals surface area contributed by atoms with Gasteiger partial charge in [0.05, 0.1) is 12.3 Å². The molecule has 1 aliphatic rings. The summed E-state index contributed by atoms with van der Waals surface area (Å²) in [6.45, 7) is 16.8. The molecule has 0 radical (unpaired) electrons. The van der Waals surface area contributed by atoms with Crippen LogP contribution < -0.4 is 10.5 Å². The lowest BCUT2D eigenvalue weighted by atomic mass is 9.90. The van der Waals surface area contributed by atoms with E-state index in [-0.39, 0.29) is 16.9 Å². The molecule has 41 heavy (non-hydrogen) atoms. The van der Waals surface area contributed by atoms with Crippen molar-refractivity contribution in [2.75, 3.05) is 13.2 Å². The lowest BCUT2D eigenvalue weighted by Crippen LogP contribution is -2.42. The van der Waals surface area contributed by atoms with Gasteiger partial charge in [-0.1, -0.05) is 51.1 Å². The zero-order valence-corrected chi connectivity index (χ0v) is 25.9. The highest BCUT2D eigenvalue weighted by atomic mass is 16.5. The highest BCUT2D eigenvalue weighted by Gasteiger charge is 2.35. The van der Waals surface area contributed by atoms with Crippen LogP contribution in [0.2, 0.25) is 0 Å². The Bertz CT molecular complexity index is 1260. The molecule has 224 valence electrons. The third kappa shape index (κ3) is 11.0. The molecule has 3 N–H and O–H groups in total. The third-order valence-corrected chi connectivity index (χ3v) is 6.51. The molecule has 2 aromatic rings. The molecule has 2 heterocycles. The standard InChI is InChI=1S/C29H36N2O5.C4H11N/c1-6-8-9-10-26(32)31-17-14-21-11-12-22(19-23(21)27(31)28(33)34)35-18-15-24-20(3)36-25(30-24)13-16-29(4,5)7-2;1-4(2,3)5/h6,8-13,16,19,27H,7,14-15,17-18H2,1-5H3,(H,33,34);5H2,1-3H3/b8-6?,10-9?,16-13+;. The van der Waals surface area contributed by atoms with E-state index in [4.69, 9.17) is 14.9 Å². The molecule has 1 unspecified atom stereocenters. The van der Waals surface area contributed by atoms with Gasteiger partial charge in [-0.2, -0.15) is 0 Å². The van der Waals surface area contributed by atoms with Crippen LogP contribution in [0, 0.1) is 12.3 Å². The summed E-state index contributed by atoms with van der Waals surface area (Å²) in [5.41, 5.74) is 7.76. The van der Waals surface area contributed by atoms with Crippen LogP contribution in [-0.2, 0) is 22.4 Å². The molecule has 8 heteroatoms. The quantitative estimate of drug-likeness (QED) is 0.251. The van der Waals surface area contributed by atoms with Crippen molar-refractivity contribution in [2.45, 2.75) is 86.2 Å². The maximum Gasteiger partial charge on any atom is 0.331 e. The highest BCUT2D eigenvalue weighted by Crippen LogP contribution is 2.33. The van der Waals surface area contributed by atoms with Crippen molar-refractivity contribution in [3.8, 4) is 5.75 Å². The van der Waals surface area contributed by atoms with Gasteiger partial charge in [0.2, 0.25) is 11.8 Å². The smallest absolute Gasteiger partial charge is 0.331 e. The summed E-state index contributed by atoms with van der Waals surface area (Å²) in [6, 6.07) is 4.41. The van der Waals surface area contributed by atoms with Crippen LogP contribution in [0.5, 0.6) is 5.75 Å². The van der Waals surface area contributed by atoms with Gasteiger partial charge >= 0.3 is 5.97 Å². The molecule has 0 bridgehead atoms. The zero-order chi connectivity index (χ0) is 30.8. The van der Waals surface area contributed by atoms with Crippen LogP contribution in [-0.4, -0.2) is 45.6 Å². The minimum atomic E-state index is -1.06. The molecule has 1 atom stereocenters. The third-order valence-electron chi connectivity index (χ3n) is 6.51. The van der Waals surface area contributed by atoms with Crippen molar-refractivity contribution in [1.82, 2.24) is 9.88 Å². The van der Waals surface area contributed by atoms with Crippen LogP contribution in [0.4, 0.5) is 0 Å². The van der Waals surface area contributed by atoms with Gasteiger partial charge in [-0.15, -0.1) is 0 Å². The average Bonchev–Trinajstić information content (AvgIpc) is 3.25. The van der Waals surface area contributed by atoms with Crippen molar-refractivity contribution in [3.63, 3.8) is 0 Å². The number of rotatable bonds is 10. The highest BCUT2D eigenvalue weighted by molar-refractivity contribution is 5.92. The number of aryl methyl sites for hydroxylation is 1. The minimum Gasteiger partial charge on any atom is -0.493 e. The van der Waals surface area contributed by atoms with E-state index in [2.05, 4.69) is 31.8 Å². The first-order valence-corrected chi connectivity index (χ1v) is 14.2. The predicted octanol–water partition coefficient (Wildman–Crippen LogP) is 6.44. The molecule has 1 amide bonds. The van der Waals surface area contributed by atoms with E-state index in [0.717, 1.165) is 23.4 Å². The number of hydrogen-bond donors (Lipinski definition) is 2. The molecule has 0 spiro atoms. The fourth-order valence-corrected chi connectivity index (χ4v) is 3.97. The number of nitrogens with two attached hydrogens (primary N) is 1. The Kier molecular flexibility index (Phi) is 12.1. The Morgan fingerprint density at radius 1 is 1.22 bits per heavy atom. The number of carboxylic acids is 1. The van der Waals surface area contributed by atoms with Gasteiger partial charge in [-0.3, -0.25) is 4.79 Å². The Morgan fingerprint density at radius 2 is 1.90 bits per heavy atom. The van der Waals surface area contributed by atoms with Crippen LogP contribution in [0.3, 0.4) is 0 Å². The largest absolute Gasteiger partial charge is 0.493 e. The summed E-state index contributed by atoms with van der Waals surface area (Å²) in [5.74, 6) is 0.501. The first-order chi connectivity index (χ1) is 19.1. The second kappa shape index (κ2) is 14.8. The van der Waals surface area contributed by atoms with E-state index in [0.29, 0.717) is 43.2 Å². The first-order valence-electron chi connectivity index (χ1n) is 14.2. The molecule has 3 rings (SSSR count). The molecule has 0 aliphatic carbocycles. The minimum absolute atomic E-state index is 0. The van der Waals surface area contributed by atoms with Crippen LogP contribution in [0.1, 0.15) is 89.4 Å². The second-order valence-corrected chi connectivity index (χ2v) is 12.0. The molecular formula is C33H47N3O5. The Balaban J connectivity index is 0.00000108. The summed E-state index contributed by atoms with van der Waals surface area (Å²) >= 11 is 0. The van der Waals surface area contributed by atoms with E-state index in [1.165, 1.54) is 11.0 Å². The summed E-state index contributed by atoms with van der Waals surface area (Å²) in [7, 11) is 0. The number of carboxylic acid groups (broad SMARTS) is 1. The molecule has 1 aromatic carbocycles. The summed E-state index contributed by atoms with van der Waals surface area (Å²) in [6.07, 6.45) is 12.7. The predicted molar refractivity (Wildman–Crippen MR) is 164 cm³/mol. The molecule has 0 saturated heterocycles. The van der Waals surface area contributed by atoms with Gasteiger partial charge in [0, 0.05) is 24.6 Å². The fraction of sp³-hybridized carbons (Fsp3) is 0.485. The van der Waals surface area contributed by atoms with E-state index in [1.54, 1.807) is 24.3 Å². The molecular weight excluding hydrogens is 518 g/mol. The summed E-state index contributed by atoms with van der Waals surface area (Å²) in [4.78, 5) is 30.8. The van der Waals surface area contributed by atoms with Crippen molar-refractivity contribution in [3.05, 3.63) is 77.1 Å². The van der Waals surface area contributed by atoms with E-state index >= 15 is 0 Å². The number of fused-ring (bicyclic) bond motifs is 1. The second-order valence-electron chi connectivity index (χ2n) is 12.0. The maximum absolute atomic E-state index is 12.7. The van der Waals surface area contributed by atoms with Crippen LogP contribution >= 0.6 is 0 Å². The van der Waals surface area contributed by atoms with Crippen LogP contribution in [0.15, 0.2) is 53.0 Å². The van der Waals surface area contributed by atoms with E-state index in [9.17, 15) is 14.7 Å². The number of allylic oxidation sites excluding steroid dienone is 4. The van der Waals surface area contributed by atoms with Gasteiger partial charge < -0.3 is 24.9 Å². The van der Waals surface area contributed by atoms with Crippen molar-refractivity contribution in [1.29, 1.82) is 0 Å². The number of hydrogen-bond acceptors (Lipinski definition) is 6. The van der Waals surface area contributed by atoms with Crippen molar-refractivity contribution in [2.24, 2.45) is 11.1 Å². The summed E-state index contributed by atoms with van der Waals surface area (Å²) in [5, 5.41) is 9.94. The number of aliphatic carboxylic acids is 1. The molecule has 1 aliphatic heterocycles. The number of amides is 1. The van der Waals surface area contributed by atoms with Gasteiger partial charge in [0.25, 0.3) is 0 Å². The van der Waals surface area contributed by atoms with Crippen LogP contribution in [0.25, 0.3) is 6.08 Å². The maximum atomic E-state index is 12.7. The average molecular weight is 566 g/mol. The number of carbonyl (C=O) groups is 2. The van der Waals surface area contributed by atoms with Gasteiger partial charge in [0.15, 0.2) is 6.04 Å². The SMILES string of the molecule is CC(C)(C)N.CC=CC=CC(=O)N1CCc2ccc(OCCc3nc(/C=C/C(C)(C)CC)oc3C)cc2C1C(=O)O. The van der Waals surface area contributed by atoms with E-state index < -0.39 is 12.0 Å². The van der Waals surface area contributed by atoms with Gasteiger partial charge in [-0.25, -0.2) is 9.78 Å². The Labute approximate surface area is 245 Å². The van der Waals surface area contributed by atoms with Crippen molar-refractivity contribution < 1.29 is 23.8 Å². The Morgan fingerprint density at radius 3 is 2.51 bits per heavy atom. The fourth-order valence-electron chi connectivity index (χ4n) is 3.97. The number of carbonyl (C=O) groups excluding carboxylic acids is 1. The number of ether oxygens (including phenoxy) is 1. The lowest BCUT2D eigenvalue weighted by Gasteiger charge is -2.34. The number of benzene rings is 1. The van der Waals surface area contributed by atoms with Gasteiger partial charge in [0.1, 0.15) is 11.5 Å². The molecule has 0 fully saturated rings. The zero-order valence-electron chi connectivity index (χ0n) is 25.9. The number of nitrogens with zero attached hydrogens (tertiary/aromatic N) is 2. The number of oxazole rings is 1. The monoisotopic (exact) mass is 565 g/mol. The molecule has 1 aromatic heterocycles. The van der Waals surface area contributed by atoms with E-state index in [1.807, 2.05) is 52.8 Å². The summed E-state index contributed by atoms with van der Waals surface area (Å²) < 4.78 is 11.7. The normalized spacial score (nSPS) is 15.7.